The minimum atomic E-state index is -0.213. The maximum Gasteiger partial charge on any atom is 0.220 e. The molecule has 1 saturated carbocycles. The van der Waals surface area contributed by atoms with Crippen molar-refractivity contribution in [3.05, 3.63) is 42.9 Å². The van der Waals surface area contributed by atoms with Crippen LogP contribution in [0.4, 0.5) is 11.6 Å². The Bertz CT molecular complexity index is 1140. The standard InChI is InChI=1S/C25H30N6O2/c26-24(33)16-7-11-31(12-8-16)25-21-6-9-27-15-18(21)13-22(30-25)17-5-10-28-23(14-17)29-19-1-3-20(32)4-2-19/h5-6,9-10,13-16,19-20,32H,1-4,7-8,11-12H2,(H2,26,33)(H,28,29). The average molecular weight is 447 g/mol. The van der Waals surface area contributed by atoms with E-state index in [4.69, 9.17) is 10.7 Å². The van der Waals surface area contributed by atoms with Crippen LogP contribution in [0.1, 0.15) is 38.5 Å². The highest BCUT2D eigenvalue weighted by atomic mass is 16.3. The summed E-state index contributed by atoms with van der Waals surface area (Å²) >= 11 is 0. The van der Waals surface area contributed by atoms with E-state index in [1.807, 2.05) is 30.6 Å². The summed E-state index contributed by atoms with van der Waals surface area (Å²) in [7, 11) is 0. The highest BCUT2D eigenvalue weighted by Crippen LogP contribution is 2.32. The second-order valence-electron chi connectivity index (χ2n) is 9.17. The van der Waals surface area contributed by atoms with Crippen molar-refractivity contribution in [2.24, 2.45) is 11.7 Å². The number of hydrogen-bond acceptors (Lipinski definition) is 7. The number of hydrogen-bond donors (Lipinski definition) is 3. The molecule has 0 spiro atoms. The van der Waals surface area contributed by atoms with Gasteiger partial charge in [-0.15, -0.1) is 0 Å². The van der Waals surface area contributed by atoms with Crippen LogP contribution in [0.15, 0.2) is 42.9 Å². The molecule has 33 heavy (non-hydrogen) atoms. The SMILES string of the molecule is NC(=O)C1CCN(c2nc(-c3ccnc(NC4CCC(O)CC4)c3)cc3cnccc23)CC1. The van der Waals surface area contributed by atoms with Gasteiger partial charge in [0.15, 0.2) is 0 Å². The molecule has 8 nitrogen and oxygen atoms in total. The molecular weight excluding hydrogens is 416 g/mol. The van der Waals surface area contributed by atoms with Gasteiger partial charge in [-0.2, -0.15) is 0 Å². The Morgan fingerprint density at radius 3 is 2.61 bits per heavy atom. The molecule has 0 aromatic carbocycles. The Morgan fingerprint density at radius 2 is 1.85 bits per heavy atom. The highest BCUT2D eigenvalue weighted by Gasteiger charge is 2.25. The first kappa shape index (κ1) is 21.6. The predicted molar refractivity (Wildman–Crippen MR) is 129 cm³/mol. The Balaban J connectivity index is 1.44. The molecule has 1 aliphatic heterocycles. The lowest BCUT2D eigenvalue weighted by molar-refractivity contribution is -0.122. The Kier molecular flexibility index (Phi) is 6.09. The normalized spacial score (nSPS) is 21.8. The van der Waals surface area contributed by atoms with E-state index in [-0.39, 0.29) is 17.9 Å². The van der Waals surface area contributed by atoms with Gasteiger partial charge >= 0.3 is 0 Å². The summed E-state index contributed by atoms with van der Waals surface area (Å²) in [6.07, 6.45) is 10.3. The molecule has 0 radical (unpaired) electrons. The molecule has 0 bridgehead atoms. The third kappa shape index (κ3) is 4.75. The van der Waals surface area contributed by atoms with Crippen molar-refractivity contribution in [3.8, 4) is 11.3 Å². The first-order valence-corrected chi connectivity index (χ1v) is 11.8. The van der Waals surface area contributed by atoms with Crippen LogP contribution in [0.5, 0.6) is 0 Å². The number of pyridine rings is 3. The molecule has 172 valence electrons. The summed E-state index contributed by atoms with van der Waals surface area (Å²) in [5.41, 5.74) is 7.38. The van der Waals surface area contributed by atoms with Gasteiger partial charge in [0.25, 0.3) is 0 Å². The molecule has 3 aromatic rings. The Labute approximate surface area is 193 Å². The molecule has 2 fully saturated rings. The van der Waals surface area contributed by atoms with Crippen LogP contribution in [0.25, 0.3) is 22.0 Å². The number of aliphatic hydroxyl groups excluding tert-OH is 1. The highest BCUT2D eigenvalue weighted by molar-refractivity contribution is 5.94. The summed E-state index contributed by atoms with van der Waals surface area (Å²) < 4.78 is 0. The molecule has 4 N–H and O–H groups in total. The number of aromatic nitrogens is 3. The zero-order valence-electron chi connectivity index (χ0n) is 18.7. The zero-order chi connectivity index (χ0) is 22.8. The summed E-state index contributed by atoms with van der Waals surface area (Å²) in [6, 6.07) is 8.41. The smallest absolute Gasteiger partial charge is 0.220 e. The number of fused-ring (bicyclic) bond motifs is 1. The molecule has 0 unspecified atom stereocenters. The lowest BCUT2D eigenvalue weighted by Gasteiger charge is -2.32. The monoisotopic (exact) mass is 446 g/mol. The zero-order valence-corrected chi connectivity index (χ0v) is 18.7. The van der Waals surface area contributed by atoms with Gasteiger partial charge < -0.3 is 21.1 Å². The number of nitrogens with two attached hydrogens (primary N) is 1. The van der Waals surface area contributed by atoms with E-state index >= 15 is 0 Å². The number of piperidine rings is 1. The van der Waals surface area contributed by atoms with Crippen LogP contribution >= 0.6 is 0 Å². The minimum absolute atomic E-state index is 0.0629. The van der Waals surface area contributed by atoms with Crippen molar-refractivity contribution in [1.82, 2.24) is 15.0 Å². The van der Waals surface area contributed by atoms with Crippen LogP contribution in [0.2, 0.25) is 0 Å². The van der Waals surface area contributed by atoms with Gasteiger partial charge in [-0.05, 0) is 62.8 Å². The van der Waals surface area contributed by atoms with Crippen molar-refractivity contribution >= 4 is 28.3 Å². The maximum atomic E-state index is 11.6. The topological polar surface area (TPSA) is 117 Å². The van der Waals surface area contributed by atoms with E-state index in [1.165, 1.54) is 0 Å². The van der Waals surface area contributed by atoms with Crippen LogP contribution in [0.3, 0.4) is 0 Å². The number of nitrogens with one attached hydrogen (secondary N) is 1. The quantitative estimate of drug-likeness (QED) is 0.551. The van der Waals surface area contributed by atoms with Crippen LogP contribution < -0.4 is 16.0 Å². The number of anilines is 2. The first-order valence-electron chi connectivity index (χ1n) is 11.8. The number of primary amides is 1. The number of carbonyl (C=O) groups excluding carboxylic acids is 1. The van der Waals surface area contributed by atoms with E-state index in [1.54, 1.807) is 6.20 Å². The largest absolute Gasteiger partial charge is 0.393 e. The van der Waals surface area contributed by atoms with Crippen molar-refractivity contribution < 1.29 is 9.90 Å². The number of aliphatic hydroxyl groups is 1. The third-order valence-corrected chi connectivity index (χ3v) is 6.91. The Morgan fingerprint density at radius 1 is 1.06 bits per heavy atom. The van der Waals surface area contributed by atoms with Gasteiger partial charge in [0.05, 0.1) is 11.8 Å². The molecular formula is C25H30N6O2. The lowest BCUT2D eigenvalue weighted by Crippen LogP contribution is -2.39. The molecule has 0 atom stereocenters. The van der Waals surface area contributed by atoms with E-state index in [2.05, 4.69) is 26.3 Å². The number of amides is 1. The second kappa shape index (κ2) is 9.31. The molecule has 5 rings (SSSR count). The van der Waals surface area contributed by atoms with Gasteiger partial charge in [0.2, 0.25) is 5.91 Å². The lowest BCUT2D eigenvalue weighted by atomic mass is 9.93. The molecule has 8 heteroatoms. The molecule has 4 heterocycles. The van der Waals surface area contributed by atoms with Gasteiger partial charge in [-0.3, -0.25) is 9.78 Å². The van der Waals surface area contributed by atoms with E-state index in [9.17, 15) is 9.90 Å². The van der Waals surface area contributed by atoms with Crippen LogP contribution in [-0.2, 0) is 4.79 Å². The molecule has 3 aromatic heterocycles. The van der Waals surface area contributed by atoms with E-state index in [0.717, 1.165) is 85.3 Å². The fraction of sp³-hybridized carbons (Fsp3) is 0.440. The number of nitrogens with zero attached hydrogens (tertiary/aromatic N) is 4. The van der Waals surface area contributed by atoms with Crippen LogP contribution in [-0.4, -0.2) is 51.2 Å². The molecule has 1 amide bonds. The first-order chi connectivity index (χ1) is 16.1. The van der Waals surface area contributed by atoms with Crippen LogP contribution in [0, 0.1) is 5.92 Å². The van der Waals surface area contributed by atoms with Gasteiger partial charge in [0, 0.05) is 60.0 Å². The number of rotatable bonds is 5. The molecule has 1 saturated heterocycles. The van der Waals surface area contributed by atoms with Crippen molar-refractivity contribution in [3.63, 3.8) is 0 Å². The maximum absolute atomic E-state index is 11.6. The van der Waals surface area contributed by atoms with E-state index in [0.29, 0.717) is 6.04 Å². The summed E-state index contributed by atoms with van der Waals surface area (Å²) in [5, 5.41) is 15.4. The summed E-state index contributed by atoms with van der Waals surface area (Å²) in [5.74, 6) is 1.47. The van der Waals surface area contributed by atoms with Gasteiger partial charge in [-0.25, -0.2) is 9.97 Å². The average Bonchev–Trinajstić information content (AvgIpc) is 2.85. The van der Waals surface area contributed by atoms with Crippen molar-refractivity contribution in [2.75, 3.05) is 23.3 Å². The molecule has 2 aliphatic rings. The van der Waals surface area contributed by atoms with Crippen molar-refractivity contribution in [1.29, 1.82) is 0 Å². The number of carbonyl (C=O) groups is 1. The van der Waals surface area contributed by atoms with Gasteiger partial charge in [0.1, 0.15) is 11.6 Å². The Hall–Kier alpha value is -3.26. The van der Waals surface area contributed by atoms with Crippen molar-refractivity contribution in [2.45, 2.75) is 50.7 Å². The summed E-state index contributed by atoms with van der Waals surface area (Å²) in [4.78, 5) is 27.7. The fourth-order valence-electron chi connectivity index (χ4n) is 4.94. The predicted octanol–water partition coefficient (Wildman–Crippen LogP) is 3.11. The minimum Gasteiger partial charge on any atom is -0.393 e. The fourth-order valence-corrected chi connectivity index (χ4v) is 4.94. The molecule has 1 aliphatic carbocycles. The van der Waals surface area contributed by atoms with Gasteiger partial charge in [-0.1, -0.05) is 0 Å². The van der Waals surface area contributed by atoms with E-state index < -0.39 is 0 Å². The second-order valence-corrected chi connectivity index (χ2v) is 9.17. The third-order valence-electron chi connectivity index (χ3n) is 6.91. The summed E-state index contributed by atoms with van der Waals surface area (Å²) in [6.45, 7) is 1.50.